The van der Waals surface area contributed by atoms with Crippen molar-refractivity contribution in [1.82, 2.24) is 0 Å². The number of esters is 1. The molecule has 3 rings (SSSR count). The second-order valence-electron chi connectivity index (χ2n) is 6.84. The predicted molar refractivity (Wildman–Crippen MR) is 86.7 cm³/mol. The summed E-state index contributed by atoms with van der Waals surface area (Å²) in [4.78, 5) is 25.0. The van der Waals surface area contributed by atoms with Crippen LogP contribution in [-0.2, 0) is 14.9 Å². The molecule has 2 aliphatic rings. The third-order valence-electron chi connectivity index (χ3n) is 5.54. The molecule has 1 aromatic carbocycles. The normalized spacial score (nSPS) is 29.2. The van der Waals surface area contributed by atoms with Crippen molar-refractivity contribution in [2.45, 2.75) is 38.5 Å². The van der Waals surface area contributed by atoms with Crippen molar-refractivity contribution < 1.29 is 19.1 Å². The standard InChI is InChI=1S/C19H22O4/c1-18-8-5-9-19(2,17(21)23-4)16(18)11-15(20)13-7-6-12(22-3)10-14(13)18/h6-7,10-11H,5,8-9H2,1-4H3/t18-,19-/m1/s1. The summed E-state index contributed by atoms with van der Waals surface area (Å²) in [5.74, 6) is 0.408. The van der Waals surface area contributed by atoms with Gasteiger partial charge in [-0.1, -0.05) is 13.3 Å². The van der Waals surface area contributed by atoms with Gasteiger partial charge in [0.2, 0.25) is 0 Å². The first-order chi connectivity index (χ1) is 10.9. The number of allylic oxidation sites excluding steroid dienone is 1. The third kappa shape index (κ3) is 2.12. The lowest BCUT2D eigenvalue weighted by molar-refractivity contribution is -0.151. The van der Waals surface area contributed by atoms with Gasteiger partial charge in [0.05, 0.1) is 19.6 Å². The van der Waals surface area contributed by atoms with Gasteiger partial charge in [-0.05, 0) is 55.2 Å². The minimum atomic E-state index is -0.752. The topological polar surface area (TPSA) is 52.6 Å². The van der Waals surface area contributed by atoms with Crippen LogP contribution < -0.4 is 4.74 Å². The average Bonchev–Trinajstić information content (AvgIpc) is 2.56. The summed E-state index contributed by atoms with van der Waals surface area (Å²) in [7, 11) is 3.02. The maximum absolute atomic E-state index is 12.6. The minimum absolute atomic E-state index is 0.0489. The summed E-state index contributed by atoms with van der Waals surface area (Å²) < 4.78 is 10.4. The monoisotopic (exact) mass is 314 g/mol. The van der Waals surface area contributed by atoms with Crippen LogP contribution in [0.3, 0.4) is 0 Å². The molecule has 0 radical (unpaired) electrons. The largest absolute Gasteiger partial charge is 0.497 e. The molecule has 1 fully saturated rings. The average molecular weight is 314 g/mol. The number of ether oxygens (including phenoxy) is 2. The lowest BCUT2D eigenvalue weighted by Gasteiger charge is -2.48. The van der Waals surface area contributed by atoms with Crippen LogP contribution in [0.5, 0.6) is 5.75 Å². The Bertz CT molecular complexity index is 718. The molecule has 1 saturated carbocycles. The van der Waals surface area contributed by atoms with E-state index in [1.54, 1.807) is 19.3 Å². The molecule has 0 spiro atoms. The van der Waals surface area contributed by atoms with E-state index < -0.39 is 5.41 Å². The molecule has 0 bridgehead atoms. The van der Waals surface area contributed by atoms with Crippen LogP contribution in [-0.4, -0.2) is 26.0 Å². The molecule has 2 atom stereocenters. The summed E-state index contributed by atoms with van der Waals surface area (Å²) in [6.45, 7) is 4.00. The Hall–Kier alpha value is -2.10. The molecule has 0 aliphatic heterocycles. The van der Waals surface area contributed by atoms with Crippen molar-refractivity contribution >= 4 is 11.8 Å². The number of rotatable bonds is 2. The quantitative estimate of drug-likeness (QED) is 0.785. The second kappa shape index (κ2) is 5.22. The van der Waals surface area contributed by atoms with Gasteiger partial charge < -0.3 is 9.47 Å². The zero-order valence-electron chi connectivity index (χ0n) is 14.1. The number of hydrogen-bond acceptors (Lipinski definition) is 4. The van der Waals surface area contributed by atoms with E-state index >= 15 is 0 Å². The van der Waals surface area contributed by atoms with Gasteiger partial charge in [0.25, 0.3) is 0 Å². The molecule has 2 aliphatic carbocycles. The highest BCUT2D eigenvalue weighted by molar-refractivity contribution is 6.09. The van der Waals surface area contributed by atoms with Crippen molar-refractivity contribution in [3.05, 3.63) is 41.0 Å². The molecule has 4 nitrogen and oxygen atoms in total. The molecule has 0 aromatic heterocycles. The van der Waals surface area contributed by atoms with E-state index in [0.717, 1.165) is 29.7 Å². The van der Waals surface area contributed by atoms with E-state index in [0.29, 0.717) is 12.0 Å². The predicted octanol–water partition coefficient (Wildman–Crippen LogP) is 3.44. The van der Waals surface area contributed by atoms with E-state index in [-0.39, 0.29) is 17.2 Å². The fraction of sp³-hybridized carbons (Fsp3) is 0.474. The lowest BCUT2D eigenvalue weighted by atomic mass is 9.54. The van der Waals surface area contributed by atoms with Crippen molar-refractivity contribution in [2.24, 2.45) is 5.41 Å². The van der Waals surface area contributed by atoms with Crippen LogP contribution in [0.25, 0.3) is 0 Å². The van der Waals surface area contributed by atoms with Gasteiger partial charge in [0, 0.05) is 11.0 Å². The smallest absolute Gasteiger partial charge is 0.315 e. The fourth-order valence-electron chi connectivity index (χ4n) is 4.24. The third-order valence-corrected chi connectivity index (χ3v) is 5.54. The van der Waals surface area contributed by atoms with E-state index in [1.807, 2.05) is 19.1 Å². The van der Waals surface area contributed by atoms with Crippen molar-refractivity contribution in [3.8, 4) is 5.75 Å². The molecule has 0 amide bonds. The van der Waals surface area contributed by atoms with Crippen LogP contribution in [0.4, 0.5) is 0 Å². The van der Waals surface area contributed by atoms with E-state index in [2.05, 4.69) is 6.92 Å². The van der Waals surface area contributed by atoms with Crippen molar-refractivity contribution in [2.75, 3.05) is 14.2 Å². The number of hydrogen-bond donors (Lipinski definition) is 0. The van der Waals surface area contributed by atoms with Crippen LogP contribution in [0.2, 0.25) is 0 Å². The number of benzene rings is 1. The number of carbonyl (C=O) groups is 2. The highest BCUT2D eigenvalue weighted by atomic mass is 16.5. The van der Waals surface area contributed by atoms with Gasteiger partial charge in [-0.15, -0.1) is 0 Å². The molecular weight excluding hydrogens is 292 g/mol. The van der Waals surface area contributed by atoms with Gasteiger partial charge in [-0.2, -0.15) is 0 Å². The highest BCUT2D eigenvalue weighted by Gasteiger charge is 2.52. The highest BCUT2D eigenvalue weighted by Crippen LogP contribution is 2.55. The summed E-state index contributed by atoms with van der Waals surface area (Å²) in [6.07, 6.45) is 4.17. The van der Waals surface area contributed by atoms with Gasteiger partial charge in [-0.25, -0.2) is 0 Å². The lowest BCUT2D eigenvalue weighted by Crippen LogP contribution is -2.46. The van der Waals surface area contributed by atoms with Crippen molar-refractivity contribution in [3.63, 3.8) is 0 Å². The first-order valence-corrected chi connectivity index (χ1v) is 7.91. The maximum Gasteiger partial charge on any atom is 0.315 e. The summed E-state index contributed by atoms with van der Waals surface area (Å²) >= 11 is 0. The van der Waals surface area contributed by atoms with Gasteiger partial charge in [-0.3, -0.25) is 9.59 Å². The molecule has 0 heterocycles. The Labute approximate surface area is 136 Å². The Morgan fingerprint density at radius 2 is 1.91 bits per heavy atom. The number of ketones is 1. The molecule has 23 heavy (non-hydrogen) atoms. The molecule has 122 valence electrons. The molecule has 0 saturated heterocycles. The number of carbonyl (C=O) groups excluding carboxylic acids is 2. The maximum atomic E-state index is 12.6. The Morgan fingerprint density at radius 3 is 2.57 bits per heavy atom. The van der Waals surface area contributed by atoms with Gasteiger partial charge in [0.1, 0.15) is 5.75 Å². The zero-order chi connectivity index (χ0) is 16.8. The van der Waals surface area contributed by atoms with Crippen LogP contribution >= 0.6 is 0 Å². The zero-order valence-corrected chi connectivity index (χ0v) is 14.1. The van der Waals surface area contributed by atoms with E-state index in [4.69, 9.17) is 9.47 Å². The molecule has 0 unspecified atom stereocenters. The molecular formula is C19H22O4. The van der Waals surface area contributed by atoms with E-state index in [9.17, 15) is 9.59 Å². The number of methoxy groups -OCH3 is 2. The Balaban J connectivity index is 2.22. The fourth-order valence-corrected chi connectivity index (χ4v) is 4.24. The second-order valence-corrected chi connectivity index (χ2v) is 6.84. The Morgan fingerprint density at radius 1 is 1.17 bits per heavy atom. The summed E-state index contributed by atoms with van der Waals surface area (Å²) in [5.41, 5.74) is 1.42. The minimum Gasteiger partial charge on any atom is -0.497 e. The van der Waals surface area contributed by atoms with Gasteiger partial charge >= 0.3 is 5.97 Å². The molecule has 1 aromatic rings. The van der Waals surface area contributed by atoms with Crippen LogP contribution in [0.1, 0.15) is 49.0 Å². The van der Waals surface area contributed by atoms with E-state index in [1.165, 1.54) is 7.11 Å². The first kappa shape index (κ1) is 15.8. The summed E-state index contributed by atoms with van der Waals surface area (Å²) in [6, 6.07) is 5.56. The van der Waals surface area contributed by atoms with Crippen molar-refractivity contribution in [1.29, 1.82) is 0 Å². The molecule has 0 N–H and O–H groups in total. The van der Waals surface area contributed by atoms with Crippen LogP contribution in [0, 0.1) is 5.41 Å². The first-order valence-electron chi connectivity index (χ1n) is 7.91. The number of fused-ring (bicyclic) bond motifs is 3. The summed E-state index contributed by atoms with van der Waals surface area (Å²) in [5, 5.41) is 0. The van der Waals surface area contributed by atoms with Crippen LogP contribution in [0.15, 0.2) is 29.8 Å². The Kier molecular flexibility index (Phi) is 3.58. The SMILES string of the molecule is COC(=O)[C@]1(C)CCC[C@@]2(C)C1=CC(=O)c1ccc(OC)cc12. The van der Waals surface area contributed by atoms with Gasteiger partial charge in [0.15, 0.2) is 5.78 Å². The molecule has 4 heteroatoms.